The summed E-state index contributed by atoms with van der Waals surface area (Å²) in [5, 5.41) is 3.65. The highest BCUT2D eigenvalue weighted by Crippen LogP contribution is 2.29. The minimum Gasteiger partial charge on any atom is -0.369 e. The zero-order valence-corrected chi connectivity index (χ0v) is 14.7. The molecule has 0 amide bonds. The predicted molar refractivity (Wildman–Crippen MR) is 90.3 cm³/mol. The van der Waals surface area contributed by atoms with E-state index in [0.29, 0.717) is 12.0 Å². The monoisotopic (exact) mass is 422 g/mol. The van der Waals surface area contributed by atoms with Crippen LogP contribution in [0.25, 0.3) is 0 Å². The molecule has 1 aliphatic rings. The first-order valence-corrected chi connectivity index (χ1v) is 8.38. The van der Waals surface area contributed by atoms with Crippen molar-refractivity contribution in [2.45, 2.75) is 26.3 Å². The number of anilines is 1. The predicted octanol–water partition coefficient (Wildman–Crippen LogP) is 3.88. The number of halogens is 2. The Morgan fingerprint density at radius 1 is 1.44 bits per heavy atom. The van der Waals surface area contributed by atoms with Gasteiger partial charge in [0, 0.05) is 27.2 Å². The second-order valence-electron chi connectivity index (χ2n) is 5.20. The van der Waals surface area contributed by atoms with Crippen LogP contribution in [0.3, 0.4) is 0 Å². The van der Waals surface area contributed by atoms with Gasteiger partial charge >= 0.3 is 0 Å². The van der Waals surface area contributed by atoms with Gasteiger partial charge in [0.1, 0.15) is 0 Å². The Morgan fingerprint density at radius 2 is 2.22 bits per heavy atom. The lowest BCUT2D eigenvalue weighted by Crippen LogP contribution is -2.41. The van der Waals surface area contributed by atoms with Gasteiger partial charge in [-0.2, -0.15) is 0 Å². The molecule has 2 rings (SSSR count). The summed E-state index contributed by atoms with van der Waals surface area (Å²) in [5.74, 6) is 0.674. The lowest BCUT2D eigenvalue weighted by molar-refractivity contribution is 0.420. The van der Waals surface area contributed by atoms with Gasteiger partial charge in [-0.05, 0) is 75.6 Å². The van der Waals surface area contributed by atoms with E-state index >= 15 is 0 Å². The maximum Gasteiger partial charge on any atom is 0.0511 e. The van der Waals surface area contributed by atoms with Crippen LogP contribution >= 0.6 is 38.5 Å². The molecule has 4 heteroatoms. The molecule has 1 aromatic rings. The highest BCUT2D eigenvalue weighted by molar-refractivity contribution is 14.1. The van der Waals surface area contributed by atoms with Gasteiger partial charge in [0.25, 0.3) is 0 Å². The average Bonchev–Trinajstić information content (AvgIpc) is 2.54. The van der Waals surface area contributed by atoms with Crippen LogP contribution in [0.1, 0.15) is 20.3 Å². The minimum absolute atomic E-state index is 0.582. The number of benzene rings is 1. The second-order valence-corrected chi connectivity index (χ2v) is 7.30. The largest absolute Gasteiger partial charge is 0.369 e. The maximum absolute atomic E-state index is 3.70. The van der Waals surface area contributed by atoms with Crippen molar-refractivity contribution in [3.63, 3.8) is 0 Å². The van der Waals surface area contributed by atoms with Gasteiger partial charge in [-0.25, -0.2) is 0 Å². The van der Waals surface area contributed by atoms with Gasteiger partial charge in [-0.15, -0.1) is 0 Å². The van der Waals surface area contributed by atoms with Gasteiger partial charge in [-0.3, -0.25) is 0 Å². The molecule has 1 unspecified atom stereocenters. The SMILES string of the molecule is CC(C)C1CN(c2ccc(I)cc2Br)CCCN1. The normalized spacial score (nSPS) is 21.2. The molecule has 0 aromatic heterocycles. The van der Waals surface area contributed by atoms with Crippen molar-refractivity contribution >= 4 is 44.2 Å². The van der Waals surface area contributed by atoms with E-state index in [-0.39, 0.29) is 0 Å². The Labute approximate surface area is 132 Å². The molecule has 0 spiro atoms. The lowest BCUT2D eigenvalue weighted by Gasteiger charge is -2.29. The van der Waals surface area contributed by atoms with Crippen molar-refractivity contribution in [1.82, 2.24) is 5.32 Å². The fraction of sp³-hybridized carbons (Fsp3) is 0.571. The highest BCUT2D eigenvalue weighted by Gasteiger charge is 2.21. The fourth-order valence-electron chi connectivity index (χ4n) is 2.35. The summed E-state index contributed by atoms with van der Waals surface area (Å²) < 4.78 is 2.48. The van der Waals surface area contributed by atoms with E-state index in [4.69, 9.17) is 0 Å². The summed E-state index contributed by atoms with van der Waals surface area (Å²) in [6.45, 7) is 7.95. The molecular formula is C14H20BrIN2. The molecule has 1 fully saturated rings. The number of nitrogens with zero attached hydrogens (tertiary/aromatic N) is 1. The van der Waals surface area contributed by atoms with E-state index in [2.05, 4.69) is 80.8 Å². The lowest BCUT2D eigenvalue weighted by atomic mass is 10.0. The van der Waals surface area contributed by atoms with Crippen molar-refractivity contribution in [1.29, 1.82) is 0 Å². The molecular weight excluding hydrogens is 403 g/mol. The van der Waals surface area contributed by atoms with Crippen LogP contribution in [0.2, 0.25) is 0 Å². The summed E-state index contributed by atoms with van der Waals surface area (Å²) >= 11 is 6.05. The van der Waals surface area contributed by atoms with Gasteiger partial charge < -0.3 is 10.2 Å². The Bertz CT molecular complexity index is 409. The standard InChI is InChI=1S/C14H20BrIN2/c1-10(2)13-9-18(7-3-6-17-13)14-5-4-11(16)8-12(14)15/h4-5,8,10,13,17H,3,6-7,9H2,1-2H3. The molecule has 100 valence electrons. The molecule has 1 heterocycles. The van der Waals surface area contributed by atoms with Crippen LogP contribution in [0.5, 0.6) is 0 Å². The van der Waals surface area contributed by atoms with E-state index in [9.17, 15) is 0 Å². The molecule has 1 aromatic carbocycles. The van der Waals surface area contributed by atoms with Gasteiger partial charge in [0.2, 0.25) is 0 Å². The topological polar surface area (TPSA) is 15.3 Å². The van der Waals surface area contributed by atoms with Crippen LogP contribution in [-0.4, -0.2) is 25.7 Å². The first kappa shape index (κ1) is 14.6. The van der Waals surface area contributed by atoms with Gasteiger partial charge in [-0.1, -0.05) is 13.8 Å². The van der Waals surface area contributed by atoms with Crippen molar-refractivity contribution in [3.05, 3.63) is 26.2 Å². The summed E-state index contributed by atoms with van der Waals surface area (Å²) in [6.07, 6.45) is 1.21. The Balaban J connectivity index is 2.20. The first-order chi connectivity index (χ1) is 8.58. The van der Waals surface area contributed by atoms with E-state index in [1.165, 1.54) is 20.2 Å². The minimum atomic E-state index is 0.582. The third kappa shape index (κ3) is 3.61. The summed E-state index contributed by atoms with van der Waals surface area (Å²) in [5.41, 5.74) is 1.32. The number of nitrogens with one attached hydrogen (secondary N) is 1. The zero-order chi connectivity index (χ0) is 13.1. The average molecular weight is 423 g/mol. The Kier molecular flexibility index (Phi) is 5.33. The van der Waals surface area contributed by atoms with Crippen LogP contribution < -0.4 is 10.2 Å². The van der Waals surface area contributed by atoms with E-state index in [0.717, 1.165) is 19.6 Å². The number of hydrogen-bond donors (Lipinski definition) is 1. The molecule has 1 saturated heterocycles. The van der Waals surface area contributed by atoms with Crippen molar-refractivity contribution in [3.8, 4) is 0 Å². The number of hydrogen-bond acceptors (Lipinski definition) is 2. The van der Waals surface area contributed by atoms with E-state index in [1.807, 2.05) is 0 Å². The molecule has 0 aliphatic carbocycles. The molecule has 1 aliphatic heterocycles. The number of rotatable bonds is 2. The summed E-state index contributed by atoms with van der Waals surface area (Å²) in [6, 6.07) is 7.19. The maximum atomic E-state index is 3.70. The summed E-state index contributed by atoms with van der Waals surface area (Å²) in [4.78, 5) is 2.50. The van der Waals surface area contributed by atoms with E-state index in [1.54, 1.807) is 0 Å². The molecule has 0 saturated carbocycles. The van der Waals surface area contributed by atoms with Crippen LogP contribution in [-0.2, 0) is 0 Å². The van der Waals surface area contributed by atoms with Gasteiger partial charge in [0.05, 0.1) is 5.69 Å². The molecule has 0 radical (unpaired) electrons. The van der Waals surface area contributed by atoms with Crippen molar-refractivity contribution in [2.24, 2.45) is 5.92 Å². The molecule has 1 N–H and O–H groups in total. The molecule has 0 bridgehead atoms. The van der Waals surface area contributed by atoms with Crippen molar-refractivity contribution in [2.75, 3.05) is 24.5 Å². The summed E-state index contributed by atoms with van der Waals surface area (Å²) in [7, 11) is 0. The second kappa shape index (κ2) is 6.57. The molecule has 2 nitrogen and oxygen atoms in total. The fourth-order valence-corrected chi connectivity index (χ4v) is 3.90. The third-order valence-electron chi connectivity index (χ3n) is 3.48. The van der Waals surface area contributed by atoms with Crippen LogP contribution in [0.4, 0.5) is 5.69 Å². The Hall–Kier alpha value is 0.190. The highest BCUT2D eigenvalue weighted by atomic mass is 127. The third-order valence-corrected chi connectivity index (χ3v) is 4.79. The quantitative estimate of drug-likeness (QED) is 0.727. The van der Waals surface area contributed by atoms with E-state index < -0.39 is 0 Å². The Morgan fingerprint density at radius 3 is 2.89 bits per heavy atom. The molecule has 18 heavy (non-hydrogen) atoms. The molecule has 1 atom stereocenters. The van der Waals surface area contributed by atoms with Crippen LogP contribution in [0, 0.1) is 9.49 Å². The van der Waals surface area contributed by atoms with Crippen LogP contribution in [0.15, 0.2) is 22.7 Å². The first-order valence-electron chi connectivity index (χ1n) is 6.51. The zero-order valence-electron chi connectivity index (χ0n) is 10.9. The smallest absolute Gasteiger partial charge is 0.0511 e. The van der Waals surface area contributed by atoms with Crippen molar-refractivity contribution < 1.29 is 0 Å². The van der Waals surface area contributed by atoms with Gasteiger partial charge in [0.15, 0.2) is 0 Å².